The molecule has 0 fully saturated rings. The van der Waals surface area contributed by atoms with Crippen LogP contribution < -0.4 is 4.74 Å². The van der Waals surface area contributed by atoms with Gasteiger partial charge in [0.25, 0.3) is 0 Å². The first kappa shape index (κ1) is 22.7. The zero-order valence-electron chi connectivity index (χ0n) is 17.8. The average Bonchev–Trinajstić information content (AvgIpc) is 2.55. The van der Waals surface area contributed by atoms with E-state index in [2.05, 4.69) is 60.4 Å². The van der Waals surface area contributed by atoms with Crippen molar-refractivity contribution in [3.05, 3.63) is 54.1 Å². The van der Waals surface area contributed by atoms with E-state index in [1.165, 1.54) is 5.57 Å². The topological polar surface area (TPSA) is 27.7 Å². The molecule has 0 saturated carbocycles. The number of hydrogen-bond acceptors (Lipinski definition) is 3. The highest BCUT2D eigenvalue weighted by atomic mass is 28.4. The van der Waals surface area contributed by atoms with Gasteiger partial charge in [-0.25, -0.2) is 0 Å². The highest BCUT2D eigenvalue weighted by Gasteiger charge is 2.40. The maximum atomic E-state index is 6.57. The summed E-state index contributed by atoms with van der Waals surface area (Å²) in [5.41, 5.74) is 2.31. The zero-order valence-corrected chi connectivity index (χ0v) is 18.8. The van der Waals surface area contributed by atoms with E-state index in [9.17, 15) is 0 Å². The molecular formula is C22H36O3Si. The third-order valence-corrected chi connectivity index (χ3v) is 9.37. The van der Waals surface area contributed by atoms with Crippen LogP contribution >= 0.6 is 0 Å². The summed E-state index contributed by atoms with van der Waals surface area (Å²) in [7, 11) is -0.251. The average molecular weight is 377 g/mol. The monoisotopic (exact) mass is 376 g/mol. The van der Waals surface area contributed by atoms with E-state index in [0.29, 0.717) is 6.61 Å². The molecular weight excluding hydrogens is 340 g/mol. The Balaban J connectivity index is 2.92. The smallest absolute Gasteiger partial charge is 0.193 e. The first-order valence-electron chi connectivity index (χ1n) is 9.20. The standard InChI is InChI=1S/C22H36O3Si/c1-10-20(25-26(8,9)22(4,5)6)21(15-17(2)3)24-16-18-11-13-19(23-7)14-12-18/h10-15,20-21H,1,16H2,2-9H3/t20-,21-/m0/s1. The highest BCUT2D eigenvalue weighted by Crippen LogP contribution is 2.38. The van der Waals surface area contributed by atoms with Crippen LogP contribution in [0.3, 0.4) is 0 Å². The molecule has 1 aromatic rings. The van der Waals surface area contributed by atoms with Crippen LogP contribution in [0.5, 0.6) is 5.75 Å². The van der Waals surface area contributed by atoms with Crippen molar-refractivity contribution in [1.29, 1.82) is 0 Å². The van der Waals surface area contributed by atoms with Crippen LogP contribution in [0, 0.1) is 0 Å². The minimum absolute atomic E-state index is 0.139. The largest absolute Gasteiger partial charge is 0.497 e. The van der Waals surface area contributed by atoms with Gasteiger partial charge in [-0.05, 0) is 49.7 Å². The highest BCUT2D eigenvalue weighted by molar-refractivity contribution is 6.74. The Morgan fingerprint density at radius 2 is 1.69 bits per heavy atom. The fraction of sp³-hybridized carbons (Fsp3) is 0.545. The number of rotatable bonds is 9. The van der Waals surface area contributed by atoms with Gasteiger partial charge >= 0.3 is 0 Å². The first-order chi connectivity index (χ1) is 12.0. The van der Waals surface area contributed by atoms with Crippen molar-refractivity contribution < 1.29 is 13.9 Å². The van der Waals surface area contributed by atoms with Gasteiger partial charge in [0.2, 0.25) is 0 Å². The fourth-order valence-electron chi connectivity index (χ4n) is 2.25. The lowest BCUT2D eigenvalue weighted by atomic mass is 10.1. The molecule has 0 bridgehead atoms. The molecule has 0 unspecified atom stereocenters. The predicted octanol–water partition coefficient (Wildman–Crippen LogP) is 6.12. The molecule has 4 heteroatoms. The first-order valence-corrected chi connectivity index (χ1v) is 12.1. The lowest BCUT2D eigenvalue weighted by molar-refractivity contribution is 0.00647. The van der Waals surface area contributed by atoms with Crippen LogP contribution in [0.1, 0.15) is 40.2 Å². The summed E-state index contributed by atoms with van der Waals surface area (Å²) in [4.78, 5) is 0. The van der Waals surface area contributed by atoms with Crippen LogP contribution in [-0.4, -0.2) is 27.6 Å². The van der Waals surface area contributed by atoms with Crippen molar-refractivity contribution in [3.63, 3.8) is 0 Å². The quantitative estimate of drug-likeness (QED) is 0.384. The molecule has 1 aromatic carbocycles. The lowest BCUT2D eigenvalue weighted by Crippen LogP contribution is -2.46. The molecule has 146 valence electrons. The van der Waals surface area contributed by atoms with E-state index in [1.807, 2.05) is 30.3 Å². The van der Waals surface area contributed by atoms with Gasteiger partial charge in [-0.3, -0.25) is 0 Å². The fourth-order valence-corrected chi connectivity index (χ4v) is 3.51. The maximum absolute atomic E-state index is 6.57. The van der Waals surface area contributed by atoms with Crippen LogP contribution in [-0.2, 0) is 15.8 Å². The molecule has 0 aliphatic heterocycles. The molecule has 26 heavy (non-hydrogen) atoms. The van der Waals surface area contributed by atoms with Gasteiger partial charge in [0.05, 0.1) is 19.8 Å². The molecule has 0 aliphatic rings. The normalized spacial score (nSPS) is 14.5. The van der Waals surface area contributed by atoms with Gasteiger partial charge < -0.3 is 13.9 Å². The molecule has 0 amide bonds. The van der Waals surface area contributed by atoms with Crippen molar-refractivity contribution in [3.8, 4) is 5.75 Å². The summed E-state index contributed by atoms with van der Waals surface area (Å²) < 4.78 is 18.0. The van der Waals surface area contributed by atoms with Gasteiger partial charge in [-0.2, -0.15) is 0 Å². The van der Waals surface area contributed by atoms with Crippen molar-refractivity contribution >= 4 is 8.32 Å². The second-order valence-corrected chi connectivity index (χ2v) is 13.2. The molecule has 2 atom stereocenters. The Kier molecular flexibility index (Phi) is 8.32. The van der Waals surface area contributed by atoms with Gasteiger partial charge in [0.1, 0.15) is 11.9 Å². The SMILES string of the molecule is C=C[C@H](O[Si](C)(C)C(C)(C)C)[C@H](C=C(C)C)OCc1ccc(OC)cc1. The number of allylic oxidation sites excluding steroid dienone is 1. The number of ether oxygens (including phenoxy) is 2. The van der Waals surface area contributed by atoms with Crippen molar-refractivity contribution in [2.24, 2.45) is 0 Å². The minimum atomic E-state index is -1.92. The van der Waals surface area contributed by atoms with E-state index in [0.717, 1.165) is 11.3 Å². The Labute approximate surface area is 161 Å². The molecule has 0 N–H and O–H groups in total. The zero-order chi connectivity index (χ0) is 20.0. The van der Waals surface area contributed by atoms with E-state index >= 15 is 0 Å². The molecule has 0 spiro atoms. The van der Waals surface area contributed by atoms with Gasteiger partial charge in [-0.1, -0.05) is 50.6 Å². The third-order valence-electron chi connectivity index (χ3n) is 4.89. The Bertz CT molecular complexity index is 593. The van der Waals surface area contributed by atoms with E-state index in [1.54, 1.807) is 7.11 Å². The summed E-state index contributed by atoms with van der Waals surface area (Å²) in [6, 6.07) is 7.95. The van der Waals surface area contributed by atoms with E-state index < -0.39 is 8.32 Å². The molecule has 0 aromatic heterocycles. The second-order valence-electron chi connectivity index (χ2n) is 8.45. The van der Waals surface area contributed by atoms with Gasteiger partial charge in [0, 0.05) is 0 Å². The molecule has 0 saturated heterocycles. The molecule has 0 radical (unpaired) electrons. The van der Waals surface area contributed by atoms with Gasteiger partial charge in [0.15, 0.2) is 8.32 Å². The summed E-state index contributed by atoms with van der Waals surface area (Å²) in [6.45, 7) is 19.9. The van der Waals surface area contributed by atoms with Crippen LogP contribution in [0.4, 0.5) is 0 Å². The Morgan fingerprint density at radius 1 is 1.12 bits per heavy atom. The summed E-state index contributed by atoms with van der Waals surface area (Å²) in [5.74, 6) is 0.847. The predicted molar refractivity (Wildman–Crippen MR) is 113 cm³/mol. The number of hydrogen-bond donors (Lipinski definition) is 0. The van der Waals surface area contributed by atoms with E-state index in [4.69, 9.17) is 13.9 Å². The molecule has 0 aliphatic carbocycles. The summed E-state index contributed by atoms with van der Waals surface area (Å²) in [5, 5.41) is 0.139. The van der Waals surface area contributed by atoms with Gasteiger partial charge in [-0.15, -0.1) is 6.58 Å². The minimum Gasteiger partial charge on any atom is -0.497 e. The third kappa shape index (κ3) is 6.75. The Morgan fingerprint density at radius 3 is 2.12 bits per heavy atom. The molecule has 1 rings (SSSR count). The maximum Gasteiger partial charge on any atom is 0.193 e. The lowest BCUT2D eigenvalue weighted by Gasteiger charge is -2.40. The van der Waals surface area contributed by atoms with Crippen LogP contribution in [0.15, 0.2) is 48.6 Å². The van der Waals surface area contributed by atoms with Crippen LogP contribution in [0.25, 0.3) is 0 Å². The summed E-state index contributed by atoms with van der Waals surface area (Å²) in [6.07, 6.45) is 3.68. The number of benzene rings is 1. The molecule has 3 nitrogen and oxygen atoms in total. The number of methoxy groups -OCH3 is 1. The second kappa shape index (κ2) is 9.54. The van der Waals surface area contributed by atoms with E-state index in [-0.39, 0.29) is 17.2 Å². The van der Waals surface area contributed by atoms with Crippen molar-refractivity contribution in [2.75, 3.05) is 7.11 Å². The van der Waals surface area contributed by atoms with Crippen LogP contribution in [0.2, 0.25) is 18.1 Å². The Hall–Kier alpha value is -1.36. The summed E-state index contributed by atoms with van der Waals surface area (Å²) >= 11 is 0. The molecule has 0 heterocycles. The van der Waals surface area contributed by atoms with Crippen molar-refractivity contribution in [2.45, 2.75) is 71.6 Å². The van der Waals surface area contributed by atoms with Crippen molar-refractivity contribution in [1.82, 2.24) is 0 Å².